The lowest BCUT2D eigenvalue weighted by Gasteiger charge is -1.92. The lowest BCUT2D eigenvalue weighted by Crippen LogP contribution is -1.88. The van der Waals surface area contributed by atoms with Crippen molar-refractivity contribution in [3.63, 3.8) is 0 Å². The van der Waals surface area contributed by atoms with Crippen LogP contribution in [0.5, 0.6) is 0 Å². The first-order valence-electron chi connectivity index (χ1n) is 3.27. The number of hydrogen-bond donors (Lipinski definition) is 1. The molecule has 2 nitrogen and oxygen atoms in total. The van der Waals surface area contributed by atoms with E-state index in [1.165, 1.54) is 12.1 Å². The van der Waals surface area contributed by atoms with E-state index in [1.54, 1.807) is 0 Å². The van der Waals surface area contributed by atoms with Gasteiger partial charge in [-0.15, -0.1) is 0 Å². The topological polar surface area (TPSA) is 38.9 Å². The molecule has 0 saturated carbocycles. The number of nitrogens with zero attached hydrogens (tertiary/aromatic N) is 1. The van der Waals surface area contributed by atoms with E-state index < -0.39 is 0 Å². The van der Waals surface area contributed by atoms with Crippen LogP contribution in [0.3, 0.4) is 0 Å². The number of nitrogens with two attached hydrogens (primary N) is 1. The van der Waals surface area contributed by atoms with Gasteiger partial charge in [-0.2, -0.15) is 0 Å². The molecule has 4 heteroatoms. The Morgan fingerprint density at radius 3 is 2.18 bits per heavy atom. The molecule has 1 aromatic rings. The van der Waals surface area contributed by atoms with Crippen LogP contribution in [-0.2, 0) is 0 Å². The summed E-state index contributed by atoms with van der Waals surface area (Å²) in [7, 11) is 0. The molecule has 0 unspecified atom stereocenters. The fraction of sp³-hybridized carbons (Fsp3) is 0.286. The molecule has 0 amide bonds. The number of halogens is 2. The van der Waals surface area contributed by atoms with Crippen molar-refractivity contribution in [1.29, 1.82) is 0 Å². The quantitative estimate of drug-likeness (QED) is 0.643. The van der Waals surface area contributed by atoms with Crippen LogP contribution in [0.15, 0.2) is 12.1 Å². The highest BCUT2D eigenvalue weighted by atomic mass is 35.5. The molecule has 2 N–H and O–H groups in total. The van der Waals surface area contributed by atoms with E-state index in [2.05, 4.69) is 4.98 Å². The maximum atomic E-state index is 5.55. The third-order valence-electron chi connectivity index (χ3n) is 0.779. The Balaban J connectivity index is 0.000000461. The van der Waals surface area contributed by atoms with Gasteiger partial charge in [0.15, 0.2) is 0 Å². The summed E-state index contributed by atoms with van der Waals surface area (Å²) in [4.78, 5) is 3.69. The molecule has 0 fully saturated rings. The molecule has 0 aromatic carbocycles. The summed E-state index contributed by atoms with van der Waals surface area (Å²) < 4.78 is 0. The second kappa shape index (κ2) is 5.22. The lowest BCUT2D eigenvalue weighted by atomic mass is 10.5. The van der Waals surface area contributed by atoms with E-state index in [0.717, 1.165) is 0 Å². The minimum absolute atomic E-state index is 0.319. The molecular formula is C7H10Cl2N2. The van der Waals surface area contributed by atoms with Crippen LogP contribution >= 0.6 is 23.2 Å². The van der Waals surface area contributed by atoms with Crippen LogP contribution in [-0.4, -0.2) is 4.98 Å². The van der Waals surface area contributed by atoms with Crippen molar-refractivity contribution in [2.24, 2.45) is 0 Å². The van der Waals surface area contributed by atoms with Gasteiger partial charge in [0.25, 0.3) is 0 Å². The van der Waals surface area contributed by atoms with Crippen LogP contribution in [0.25, 0.3) is 0 Å². The Morgan fingerprint density at radius 1 is 1.27 bits per heavy atom. The molecule has 0 aliphatic carbocycles. The zero-order valence-corrected chi connectivity index (χ0v) is 7.95. The maximum Gasteiger partial charge on any atom is 0.132 e. The summed E-state index contributed by atoms with van der Waals surface area (Å²) in [6.07, 6.45) is 0. The molecule has 0 bridgehead atoms. The Labute approximate surface area is 76.3 Å². The summed E-state index contributed by atoms with van der Waals surface area (Å²) in [5.74, 6) is 0.340. The molecule has 0 aliphatic heterocycles. The highest BCUT2D eigenvalue weighted by Gasteiger charge is 1.93. The van der Waals surface area contributed by atoms with Gasteiger partial charge in [-0.1, -0.05) is 37.0 Å². The Morgan fingerprint density at radius 2 is 1.82 bits per heavy atom. The van der Waals surface area contributed by atoms with Crippen molar-refractivity contribution in [1.82, 2.24) is 4.98 Å². The molecule has 1 heterocycles. The number of pyridine rings is 1. The number of aromatic nitrogens is 1. The standard InChI is InChI=1S/C5H4Cl2N2.C2H6/c6-3-1-4(7)9-5(8)2-3;1-2/h1-2H,(H2,8,9);1-2H3. The average Bonchev–Trinajstić information content (AvgIpc) is 1.88. The summed E-state index contributed by atoms with van der Waals surface area (Å²) in [5.41, 5.74) is 5.28. The number of hydrogen-bond acceptors (Lipinski definition) is 2. The SMILES string of the molecule is CC.Nc1cc(Cl)cc(Cl)n1. The van der Waals surface area contributed by atoms with E-state index in [0.29, 0.717) is 16.0 Å². The van der Waals surface area contributed by atoms with Gasteiger partial charge in [-0.3, -0.25) is 0 Å². The lowest BCUT2D eigenvalue weighted by molar-refractivity contribution is 1.34. The van der Waals surface area contributed by atoms with Gasteiger partial charge in [0.05, 0.1) is 0 Å². The van der Waals surface area contributed by atoms with Gasteiger partial charge in [-0.05, 0) is 12.1 Å². The fourth-order valence-electron chi connectivity index (χ4n) is 0.485. The monoisotopic (exact) mass is 192 g/mol. The Bertz CT molecular complexity index is 175. The van der Waals surface area contributed by atoms with Crippen molar-refractivity contribution in [3.8, 4) is 0 Å². The number of nitrogen functional groups attached to an aromatic ring is 1. The molecule has 11 heavy (non-hydrogen) atoms. The predicted octanol–water partition coefficient (Wildman–Crippen LogP) is 3.00. The zero-order valence-electron chi connectivity index (χ0n) is 6.44. The predicted molar refractivity (Wildman–Crippen MR) is 50.0 cm³/mol. The van der Waals surface area contributed by atoms with E-state index in [9.17, 15) is 0 Å². The normalized spacial score (nSPS) is 8.36. The number of rotatable bonds is 0. The van der Waals surface area contributed by atoms with Crippen LogP contribution in [0.4, 0.5) is 5.82 Å². The highest BCUT2D eigenvalue weighted by Crippen LogP contribution is 2.15. The Hall–Kier alpha value is -0.470. The van der Waals surface area contributed by atoms with Crippen molar-refractivity contribution in [2.45, 2.75) is 13.8 Å². The first-order chi connectivity index (χ1) is 5.18. The van der Waals surface area contributed by atoms with Gasteiger partial charge in [0, 0.05) is 5.02 Å². The fourth-order valence-corrected chi connectivity index (χ4v) is 0.971. The molecule has 0 spiro atoms. The van der Waals surface area contributed by atoms with Crippen molar-refractivity contribution in [3.05, 3.63) is 22.3 Å². The van der Waals surface area contributed by atoms with Gasteiger partial charge < -0.3 is 5.73 Å². The van der Waals surface area contributed by atoms with Crippen molar-refractivity contribution < 1.29 is 0 Å². The smallest absolute Gasteiger partial charge is 0.132 e. The zero-order chi connectivity index (χ0) is 8.85. The van der Waals surface area contributed by atoms with Crippen LogP contribution in [0.1, 0.15) is 13.8 Å². The first kappa shape index (κ1) is 10.5. The molecule has 0 radical (unpaired) electrons. The van der Waals surface area contributed by atoms with Gasteiger partial charge in [-0.25, -0.2) is 4.98 Å². The molecule has 0 aliphatic rings. The van der Waals surface area contributed by atoms with Crippen molar-refractivity contribution >= 4 is 29.0 Å². The third-order valence-corrected chi connectivity index (χ3v) is 1.19. The van der Waals surface area contributed by atoms with E-state index in [-0.39, 0.29) is 0 Å². The van der Waals surface area contributed by atoms with E-state index >= 15 is 0 Å². The van der Waals surface area contributed by atoms with Gasteiger partial charge in [0.2, 0.25) is 0 Å². The summed E-state index contributed by atoms with van der Waals surface area (Å²) in [6.45, 7) is 4.00. The molecule has 62 valence electrons. The van der Waals surface area contributed by atoms with Gasteiger partial charge >= 0.3 is 0 Å². The minimum Gasteiger partial charge on any atom is -0.384 e. The largest absolute Gasteiger partial charge is 0.384 e. The third kappa shape index (κ3) is 4.06. The second-order valence-electron chi connectivity index (χ2n) is 1.53. The summed E-state index contributed by atoms with van der Waals surface area (Å²) >= 11 is 11.0. The minimum atomic E-state index is 0.319. The molecule has 0 saturated heterocycles. The van der Waals surface area contributed by atoms with Crippen LogP contribution in [0.2, 0.25) is 10.2 Å². The van der Waals surface area contributed by atoms with Gasteiger partial charge in [0.1, 0.15) is 11.0 Å². The highest BCUT2D eigenvalue weighted by molar-refractivity contribution is 6.34. The first-order valence-corrected chi connectivity index (χ1v) is 4.02. The summed E-state index contributed by atoms with van der Waals surface area (Å²) in [5, 5.41) is 0.826. The van der Waals surface area contributed by atoms with Crippen LogP contribution < -0.4 is 5.73 Å². The molecular weight excluding hydrogens is 183 g/mol. The van der Waals surface area contributed by atoms with E-state index in [4.69, 9.17) is 28.9 Å². The average molecular weight is 193 g/mol. The molecule has 1 aromatic heterocycles. The second-order valence-corrected chi connectivity index (χ2v) is 2.36. The summed E-state index contributed by atoms with van der Waals surface area (Å²) in [6, 6.07) is 3.06. The van der Waals surface area contributed by atoms with Crippen molar-refractivity contribution in [2.75, 3.05) is 5.73 Å². The van der Waals surface area contributed by atoms with E-state index in [1.807, 2.05) is 13.8 Å². The number of anilines is 1. The van der Waals surface area contributed by atoms with Crippen LogP contribution in [0, 0.1) is 0 Å². The molecule has 0 atom stereocenters. The molecule has 1 rings (SSSR count). The maximum absolute atomic E-state index is 5.55. The Kier molecular flexibility index (Phi) is 4.99.